The van der Waals surface area contributed by atoms with Crippen molar-refractivity contribution < 1.29 is 14.0 Å². The van der Waals surface area contributed by atoms with Gasteiger partial charge >= 0.3 is 0 Å². The minimum Gasteiger partial charge on any atom is -0.356 e. The van der Waals surface area contributed by atoms with E-state index in [1.165, 1.54) is 25.0 Å². The fraction of sp³-hybridized carbons (Fsp3) is 0.619. The molecule has 0 radical (unpaired) electrons. The van der Waals surface area contributed by atoms with Gasteiger partial charge in [-0.3, -0.25) is 9.59 Å². The first-order valence-corrected chi connectivity index (χ1v) is 9.83. The van der Waals surface area contributed by atoms with Gasteiger partial charge in [0.1, 0.15) is 5.82 Å². The first kappa shape index (κ1) is 20.4. The SMILES string of the molecule is CCCC[C@@H](CC)CNC(=O)[C@@H]1CC(=O)N(CCc2ccc(F)cc2)C1. The number of hydrogen-bond acceptors (Lipinski definition) is 2. The molecule has 2 rings (SSSR count). The average Bonchev–Trinajstić information content (AvgIpc) is 3.02. The third-order valence-corrected chi connectivity index (χ3v) is 5.28. The Bertz CT molecular complexity index is 588. The van der Waals surface area contributed by atoms with Crippen LogP contribution in [-0.4, -0.2) is 36.3 Å². The quantitative estimate of drug-likeness (QED) is 0.692. The van der Waals surface area contributed by atoms with E-state index in [0.29, 0.717) is 38.4 Å². The number of carbonyl (C=O) groups is 2. The summed E-state index contributed by atoms with van der Waals surface area (Å²) in [5, 5.41) is 3.05. The lowest BCUT2D eigenvalue weighted by Crippen LogP contribution is -2.36. The van der Waals surface area contributed by atoms with Gasteiger partial charge in [0.05, 0.1) is 5.92 Å². The zero-order valence-electron chi connectivity index (χ0n) is 16.0. The molecule has 0 unspecified atom stereocenters. The zero-order chi connectivity index (χ0) is 18.9. The van der Waals surface area contributed by atoms with Crippen LogP contribution in [0.1, 0.15) is 51.5 Å². The largest absolute Gasteiger partial charge is 0.356 e. The zero-order valence-corrected chi connectivity index (χ0v) is 16.0. The van der Waals surface area contributed by atoms with E-state index < -0.39 is 0 Å². The van der Waals surface area contributed by atoms with E-state index in [0.717, 1.165) is 18.4 Å². The van der Waals surface area contributed by atoms with Gasteiger partial charge in [-0.15, -0.1) is 0 Å². The molecule has 1 heterocycles. The molecule has 26 heavy (non-hydrogen) atoms. The summed E-state index contributed by atoms with van der Waals surface area (Å²) in [4.78, 5) is 26.3. The number of amides is 2. The number of likely N-dealkylation sites (tertiary alicyclic amines) is 1. The van der Waals surface area contributed by atoms with E-state index in [9.17, 15) is 14.0 Å². The maximum absolute atomic E-state index is 12.9. The standard InChI is InChI=1S/C21H31FN2O2/c1-3-5-6-16(4-2)14-23-21(26)18-13-20(25)24(15-18)12-11-17-7-9-19(22)10-8-17/h7-10,16,18H,3-6,11-15H2,1-2H3,(H,23,26)/t16-,18-/m1/s1. The first-order valence-electron chi connectivity index (χ1n) is 9.83. The first-order chi connectivity index (χ1) is 12.5. The van der Waals surface area contributed by atoms with Crippen molar-refractivity contribution in [2.75, 3.05) is 19.6 Å². The van der Waals surface area contributed by atoms with Crippen LogP contribution in [0.4, 0.5) is 4.39 Å². The minimum atomic E-state index is -0.257. The molecule has 1 aromatic rings. The summed E-state index contributed by atoms with van der Waals surface area (Å²) >= 11 is 0. The predicted molar refractivity (Wildman–Crippen MR) is 101 cm³/mol. The Morgan fingerprint density at radius 3 is 2.69 bits per heavy atom. The van der Waals surface area contributed by atoms with Gasteiger partial charge in [0.2, 0.25) is 11.8 Å². The molecule has 1 aliphatic rings. The van der Waals surface area contributed by atoms with Gasteiger partial charge in [-0.2, -0.15) is 0 Å². The molecule has 1 fully saturated rings. The summed E-state index contributed by atoms with van der Waals surface area (Å²) in [6.07, 6.45) is 5.53. The topological polar surface area (TPSA) is 49.4 Å². The van der Waals surface area contributed by atoms with E-state index in [1.54, 1.807) is 17.0 Å². The average molecular weight is 362 g/mol. The summed E-state index contributed by atoms with van der Waals surface area (Å²) < 4.78 is 12.9. The summed E-state index contributed by atoms with van der Waals surface area (Å²) in [5.41, 5.74) is 0.994. The number of rotatable bonds is 10. The van der Waals surface area contributed by atoms with Crippen molar-refractivity contribution in [2.24, 2.45) is 11.8 Å². The lowest BCUT2D eigenvalue weighted by molar-refractivity contribution is -0.129. The van der Waals surface area contributed by atoms with E-state index >= 15 is 0 Å². The molecule has 4 nitrogen and oxygen atoms in total. The number of carbonyl (C=O) groups excluding carboxylic acids is 2. The predicted octanol–water partition coefficient (Wildman–Crippen LogP) is 3.55. The highest BCUT2D eigenvalue weighted by Gasteiger charge is 2.33. The third-order valence-electron chi connectivity index (χ3n) is 5.28. The molecule has 144 valence electrons. The molecule has 1 N–H and O–H groups in total. The lowest BCUT2D eigenvalue weighted by atomic mass is 9.99. The highest BCUT2D eigenvalue weighted by Crippen LogP contribution is 2.19. The van der Waals surface area contributed by atoms with Gasteiger partial charge < -0.3 is 10.2 Å². The highest BCUT2D eigenvalue weighted by molar-refractivity contribution is 5.89. The minimum absolute atomic E-state index is 0.00224. The molecule has 2 amide bonds. The summed E-state index contributed by atoms with van der Waals surface area (Å²) in [7, 11) is 0. The van der Waals surface area contributed by atoms with Crippen molar-refractivity contribution in [3.05, 3.63) is 35.6 Å². The van der Waals surface area contributed by atoms with Crippen molar-refractivity contribution >= 4 is 11.8 Å². The van der Waals surface area contributed by atoms with Crippen LogP contribution in [0.15, 0.2) is 24.3 Å². The fourth-order valence-electron chi connectivity index (χ4n) is 3.41. The Hall–Kier alpha value is -1.91. The summed E-state index contributed by atoms with van der Waals surface area (Å²) in [6.45, 7) is 6.09. The second-order valence-corrected chi connectivity index (χ2v) is 7.28. The normalized spacial score (nSPS) is 18.2. The van der Waals surface area contributed by atoms with E-state index in [-0.39, 0.29) is 23.5 Å². The molecule has 0 aliphatic carbocycles. The van der Waals surface area contributed by atoms with Crippen LogP contribution in [0.2, 0.25) is 0 Å². The molecule has 0 saturated carbocycles. The maximum atomic E-state index is 12.9. The van der Waals surface area contributed by atoms with Crippen molar-refractivity contribution in [1.82, 2.24) is 10.2 Å². The van der Waals surface area contributed by atoms with Crippen LogP contribution >= 0.6 is 0 Å². The van der Waals surface area contributed by atoms with E-state index in [4.69, 9.17) is 0 Å². The number of halogens is 1. The molecule has 0 spiro atoms. The molecule has 2 atom stereocenters. The Balaban J connectivity index is 1.76. The van der Waals surface area contributed by atoms with Gasteiger partial charge in [-0.1, -0.05) is 45.2 Å². The van der Waals surface area contributed by atoms with Crippen LogP contribution in [0.5, 0.6) is 0 Å². The summed E-state index contributed by atoms with van der Waals surface area (Å²) in [6, 6.07) is 6.34. The van der Waals surface area contributed by atoms with Gasteiger partial charge in [0.15, 0.2) is 0 Å². The third kappa shape index (κ3) is 6.11. The smallest absolute Gasteiger partial charge is 0.225 e. The van der Waals surface area contributed by atoms with Gasteiger partial charge in [-0.05, 0) is 36.5 Å². The van der Waals surface area contributed by atoms with Crippen LogP contribution in [0, 0.1) is 17.7 Å². The number of benzene rings is 1. The Kier molecular flexibility index (Phi) is 8.07. The fourth-order valence-corrected chi connectivity index (χ4v) is 3.41. The van der Waals surface area contributed by atoms with Gasteiger partial charge in [0.25, 0.3) is 0 Å². The van der Waals surface area contributed by atoms with Crippen LogP contribution < -0.4 is 5.32 Å². The molecule has 5 heteroatoms. The van der Waals surface area contributed by atoms with Crippen molar-refractivity contribution in [3.8, 4) is 0 Å². The molecular formula is C21H31FN2O2. The number of nitrogens with one attached hydrogen (secondary N) is 1. The lowest BCUT2D eigenvalue weighted by Gasteiger charge is -2.18. The van der Waals surface area contributed by atoms with Crippen LogP contribution in [0.3, 0.4) is 0 Å². The van der Waals surface area contributed by atoms with Gasteiger partial charge in [-0.25, -0.2) is 4.39 Å². The number of nitrogens with zero attached hydrogens (tertiary/aromatic N) is 1. The molecule has 0 bridgehead atoms. The maximum Gasteiger partial charge on any atom is 0.225 e. The van der Waals surface area contributed by atoms with Gasteiger partial charge in [0, 0.05) is 26.1 Å². The van der Waals surface area contributed by atoms with Crippen molar-refractivity contribution in [1.29, 1.82) is 0 Å². The number of hydrogen-bond donors (Lipinski definition) is 1. The van der Waals surface area contributed by atoms with Crippen LogP contribution in [-0.2, 0) is 16.0 Å². The monoisotopic (exact) mass is 362 g/mol. The van der Waals surface area contributed by atoms with Crippen LogP contribution in [0.25, 0.3) is 0 Å². The van der Waals surface area contributed by atoms with E-state index in [1.807, 2.05) is 0 Å². The Morgan fingerprint density at radius 2 is 2.04 bits per heavy atom. The molecule has 1 aliphatic heterocycles. The van der Waals surface area contributed by atoms with Crippen molar-refractivity contribution in [2.45, 2.75) is 52.4 Å². The number of unbranched alkanes of at least 4 members (excludes halogenated alkanes) is 1. The Labute approximate surface area is 156 Å². The Morgan fingerprint density at radius 1 is 1.31 bits per heavy atom. The molecular weight excluding hydrogens is 331 g/mol. The second kappa shape index (κ2) is 10.3. The van der Waals surface area contributed by atoms with E-state index in [2.05, 4.69) is 19.2 Å². The highest BCUT2D eigenvalue weighted by atomic mass is 19.1. The second-order valence-electron chi connectivity index (χ2n) is 7.28. The molecule has 1 saturated heterocycles. The molecule has 0 aromatic heterocycles. The van der Waals surface area contributed by atoms with Crippen molar-refractivity contribution in [3.63, 3.8) is 0 Å². The summed E-state index contributed by atoms with van der Waals surface area (Å²) in [5.74, 6) is 0.0416. The molecule has 1 aromatic carbocycles.